The molecule has 12 heteroatoms. The second-order valence-electron chi connectivity index (χ2n) is 12.8. The van der Waals surface area contributed by atoms with E-state index in [-0.39, 0.29) is 54.3 Å². The predicted octanol–water partition coefficient (Wildman–Crippen LogP) is 0.931. The second kappa shape index (κ2) is 17.2. The average molecular weight is 630 g/mol. The van der Waals surface area contributed by atoms with Crippen LogP contribution >= 0.6 is 0 Å². The number of fused-ring (bicyclic) bond motifs is 3. The number of benzene rings is 1. The Morgan fingerprint density at radius 2 is 1.69 bits per heavy atom. The van der Waals surface area contributed by atoms with Crippen molar-refractivity contribution in [2.75, 3.05) is 79.5 Å². The van der Waals surface area contributed by atoms with Crippen LogP contribution in [0.15, 0.2) is 24.3 Å². The van der Waals surface area contributed by atoms with Gasteiger partial charge in [-0.15, -0.1) is 0 Å². The van der Waals surface area contributed by atoms with Gasteiger partial charge in [0.05, 0.1) is 33.0 Å². The first kappa shape index (κ1) is 33.6. The zero-order valence-electron chi connectivity index (χ0n) is 26.7. The molecule has 4 fully saturated rings. The zero-order valence-corrected chi connectivity index (χ0v) is 26.7. The lowest BCUT2D eigenvalue weighted by molar-refractivity contribution is -0.128. The highest BCUT2D eigenvalue weighted by molar-refractivity contribution is 5.83. The first-order valence-corrected chi connectivity index (χ1v) is 16.7. The fourth-order valence-corrected chi connectivity index (χ4v) is 7.29. The lowest BCUT2D eigenvalue weighted by Crippen LogP contribution is -2.50. The lowest BCUT2D eigenvalue weighted by atomic mass is 9.80. The molecule has 4 aliphatic heterocycles. The van der Waals surface area contributed by atoms with Crippen LogP contribution in [-0.4, -0.2) is 125 Å². The molecular formula is C33H51N5O7. The molecule has 4 saturated heterocycles. The fourth-order valence-electron chi connectivity index (χ4n) is 7.29. The fraction of sp³-hybridized carbons (Fsp3) is 0.727. The summed E-state index contributed by atoms with van der Waals surface area (Å²) in [7, 11) is 1.68. The third-order valence-corrected chi connectivity index (χ3v) is 9.62. The number of methoxy groups -OCH3 is 1. The summed E-state index contributed by atoms with van der Waals surface area (Å²) in [6.07, 6.45) is 4.50. The highest BCUT2D eigenvalue weighted by atomic mass is 16.5. The number of carbonyl (C=O) groups excluding carboxylic acids is 3. The Morgan fingerprint density at radius 1 is 0.867 bits per heavy atom. The Morgan fingerprint density at radius 3 is 2.53 bits per heavy atom. The molecule has 1 aromatic carbocycles. The summed E-state index contributed by atoms with van der Waals surface area (Å²) in [6, 6.07) is 7.99. The Bertz CT molecular complexity index is 1120. The standard InChI is InChI=1S/C33H51N5O7/c1-42-29-4-2-3-24(17-29)20-37-11-6-25-18-31(39)34-10-14-44-15-16-45-23-32(40)36-27-19-30(33(41)35-9-5-26(25)21-37)38(22-27)28-7-12-43-13-8-28/h2-4,17,25-28,30H,5-16,18-23H2,1H3,(H,34,39)(H,35,41)(H,36,40)/t25-,26-,27+,30+/m0/s1. The number of rotatable bonds is 4. The topological polar surface area (TPSA) is 131 Å². The Kier molecular flexibility index (Phi) is 12.9. The van der Waals surface area contributed by atoms with Crippen LogP contribution in [-0.2, 0) is 35.1 Å². The van der Waals surface area contributed by atoms with Crippen LogP contribution in [0.25, 0.3) is 0 Å². The molecule has 3 amide bonds. The van der Waals surface area contributed by atoms with E-state index < -0.39 is 0 Å². The molecule has 4 heterocycles. The first-order valence-electron chi connectivity index (χ1n) is 16.7. The van der Waals surface area contributed by atoms with E-state index >= 15 is 0 Å². The molecule has 4 aliphatic rings. The largest absolute Gasteiger partial charge is 0.497 e. The van der Waals surface area contributed by atoms with E-state index in [1.807, 2.05) is 12.1 Å². The predicted molar refractivity (Wildman–Crippen MR) is 168 cm³/mol. The van der Waals surface area contributed by atoms with Gasteiger partial charge in [-0.05, 0) is 68.2 Å². The minimum atomic E-state index is -0.306. The maximum absolute atomic E-state index is 13.7. The van der Waals surface area contributed by atoms with Crippen molar-refractivity contribution in [1.82, 2.24) is 25.8 Å². The number of piperidine rings is 1. The summed E-state index contributed by atoms with van der Waals surface area (Å²) in [6.45, 7) is 6.55. The van der Waals surface area contributed by atoms with Crippen molar-refractivity contribution < 1.29 is 33.3 Å². The van der Waals surface area contributed by atoms with Crippen molar-refractivity contribution >= 4 is 17.7 Å². The maximum atomic E-state index is 13.7. The second-order valence-corrected chi connectivity index (χ2v) is 12.8. The summed E-state index contributed by atoms with van der Waals surface area (Å²) in [4.78, 5) is 43.9. The number of ether oxygens (including phenoxy) is 4. The van der Waals surface area contributed by atoms with Gasteiger partial charge in [-0.3, -0.25) is 24.2 Å². The molecule has 12 nitrogen and oxygen atoms in total. The van der Waals surface area contributed by atoms with Gasteiger partial charge in [0, 0.05) is 64.4 Å². The van der Waals surface area contributed by atoms with Crippen molar-refractivity contribution in [3.63, 3.8) is 0 Å². The lowest BCUT2D eigenvalue weighted by Gasteiger charge is -2.39. The molecule has 3 N–H and O–H groups in total. The summed E-state index contributed by atoms with van der Waals surface area (Å²) < 4.78 is 22.1. The number of nitrogens with zero attached hydrogens (tertiary/aromatic N) is 2. The number of hydrogen-bond donors (Lipinski definition) is 3. The van der Waals surface area contributed by atoms with E-state index in [0.29, 0.717) is 65.5 Å². The molecule has 0 aromatic heterocycles. The Hall–Kier alpha value is -2.77. The molecule has 45 heavy (non-hydrogen) atoms. The van der Waals surface area contributed by atoms with Crippen molar-refractivity contribution in [1.29, 1.82) is 0 Å². The number of carbonyl (C=O) groups is 3. The molecule has 0 aliphatic carbocycles. The third-order valence-electron chi connectivity index (χ3n) is 9.62. The van der Waals surface area contributed by atoms with Gasteiger partial charge in [0.2, 0.25) is 17.7 Å². The first-order chi connectivity index (χ1) is 22.0. The molecule has 0 unspecified atom stereocenters. The summed E-state index contributed by atoms with van der Waals surface area (Å²) in [5.41, 5.74) is 1.20. The van der Waals surface area contributed by atoms with E-state index in [9.17, 15) is 14.4 Å². The summed E-state index contributed by atoms with van der Waals surface area (Å²) >= 11 is 0. The maximum Gasteiger partial charge on any atom is 0.246 e. The van der Waals surface area contributed by atoms with Crippen LogP contribution < -0.4 is 20.7 Å². The van der Waals surface area contributed by atoms with Crippen LogP contribution in [0, 0.1) is 11.8 Å². The van der Waals surface area contributed by atoms with Gasteiger partial charge in [0.1, 0.15) is 12.4 Å². The van der Waals surface area contributed by atoms with Crippen molar-refractivity contribution in [3.8, 4) is 5.75 Å². The highest BCUT2D eigenvalue weighted by Crippen LogP contribution is 2.31. The Labute approximate surface area is 266 Å². The van der Waals surface area contributed by atoms with Gasteiger partial charge in [0.15, 0.2) is 0 Å². The minimum Gasteiger partial charge on any atom is -0.497 e. The van der Waals surface area contributed by atoms with E-state index in [4.69, 9.17) is 18.9 Å². The van der Waals surface area contributed by atoms with Crippen LogP contribution in [0.2, 0.25) is 0 Å². The van der Waals surface area contributed by atoms with Crippen LogP contribution in [0.1, 0.15) is 44.1 Å². The zero-order chi connectivity index (χ0) is 31.4. The van der Waals surface area contributed by atoms with Crippen molar-refractivity contribution in [2.45, 2.75) is 63.2 Å². The molecular weight excluding hydrogens is 578 g/mol. The van der Waals surface area contributed by atoms with E-state index in [0.717, 1.165) is 51.1 Å². The van der Waals surface area contributed by atoms with Gasteiger partial charge >= 0.3 is 0 Å². The number of likely N-dealkylation sites (tertiary alicyclic amines) is 2. The van der Waals surface area contributed by atoms with Gasteiger partial charge in [0.25, 0.3) is 0 Å². The average Bonchev–Trinajstić information content (AvgIpc) is 3.47. The van der Waals surface area contributed by atoms with Gasteiger partial charge in [-0.1, -0.05) is 12.1 Å². The van der Waals surface area contributed by atoms with Crippen LogP contribution in [0.4, 0.5) is 0 Å². The molecule has 4 atom stereocenters. The summed E-state index contributed by atoms with van der Waals surface area (Å²) in [5.74, 6) is 1.20. The van der Waals surface area contributed by atoms with Crippen molar-refractivity contribution in [2.24, 2.45) is 11.8 Å². The van der Waals surface area contributed by atoms with Crippen LogP contribution in [0.5, 0.6) is 5.75 Å². The minimum absolute atomic E-state index is 0.0101. The molecule has 0 radical (unpaired) electrons. The number of amides is 3. The normalized spacial score (nSPS) is 29.5. The summed E-state index contributed by atoms with van der Waals surface area (Å²) in [5, 5.41) is 9.33. The Balaban J connectivity index is 1.25. The number of hydrogen-bond acceptors (Lipinski definition) is 9. The monoisotopic (exact) mass is 629 g/mol. The quantitative estimate of drug-likeness (QED) is 0.446. The number of nitrogens with one attached hydrogen (secondary N) is 3. The smallest absolute Gasteiger partial charge is 0.246 e. The van der Waals surface area contributed by atoms with Gasteiger partial charge < -0.3 is 34.9 Å². The molecule has 5 rings (SSSR count). The van der Waals surface area contributed by atoms with E-state index in [1.54, 1.807) is 7.11 Å². The van der Waals surface area contributed by atoms with Crippen LogP contribution in [0.3, 0.4) is 0 Å². The SMILES string of the molecule is COc1cccc(CN2CC[C@H]3CC(=O)NCCOCCOCC(=O)N[C@@H]4C[C@H](C(=O)NCC[C@H]3C2)N(C2CCOCC2)C4)c1. The van der Waals surface area contributed by atoms with Gasteiger partial charge in [-0.2, -0.15) is 0 Å². The molecule has 1 aromatic rings. The molecule has 2 bridgehead atoms. The highest BCUT2D eigenvalue weighted by Gasteiger charge is 2.41. The van der Waals surface area contributed by atoms with E-state index in [2.05, 4.69) is 37.9 Å². The van der Waals surface area contributed by atoms with E-state index in [1.165, 1.54) is 5.56 Å². The van der Waals surface area contributed by atoms with Crippen molar-refractivity contribution in [3.05, 3.63) is 29.8 Å². The third kappa shape index (κ3) is 10.1. The molecule has 0 spiro atoms. The molecule has 250 valence electrons. The van der Waals surface area contributed by atoms with Gasteiger partial charge in [-0.25, -0.2) is 0 Å². The molecule has 0 saturated carbocycles.